The minimum Gasteiger partial charge on any atom is -0.486 e. The van der Waals surface area contributed by atoms with Crippen LogP contribution >= 0.6 is 11.3 Å². The van der Waals surface area contributed by atoms with E-state index < -0.39 is 0 Å². The molecule has 0 aliphatic carbocycles. The Hall–Kier alpha value is -1.81. The van der Waals surface area contributed by atoms with Crippen LogP contribution in [0.15, 0.2) is 24.4 Å². The number of aryl methyl sites for hydroxylation is 3. The number of ether oxygens (including phenoxy) is 1. The molecule has 1 aromatic carbocycles. The van der Waals surface area contributed by atoms with Crippen LogP contribution in [0.1, 0.15) is 28.1 Å². The molecule has 0 saturated heterocycles. The Bertz CT molecular complexity index is 742. The highest BCUT2D eigenvalue weighted by atomic mass is 32.1. The van der Waals surface area contributed by atoms with Crippen LogP contribution in [-0.4, -0.2) is 9.97 Å². The Morgan fingerprint density at radius 3 is 2.80 bits per heavy atom. The van der Waals surface area contributed by atoms with E-state index in [0.29, 0.717) is 6.61 Å². The van der Waals surface area contributed by atoms with Gasteiger partial charge in [0.05, 0.1) is 0 Å². The molecule has 3 rings (SSSR count). The number of rotatable bonds is 4. The lowest BCUT2D eigenvalue weighted by Crippen LogP contribution is -1.96. The highest BCUT2D eigenvalue weighted by Gasteiger charge is 2.07. The normalized spacial score (nSPS) is 11.2. The molecule has 3 aromatic rings. The molecule has 3 nitrogen and oxygen atoms in total. The van der Waals surface area contributed by atoms with Crippen LogP contribution in [0.4, 0.5) is 0 Å². The lowest BCUT2D eigenvalue weighted by atomic mass is 10.1. The second kappa shape index (κ2) is 5.29. The van der Waals surface area contributed by atoms with Crippen molar-refractivity contribution in [3.63, 3.8) is 0 Å². The van der Waals surface area contributed by atoms with Crippen LogP contribution in [0.25, 0.3) is 10.9 Å². The molecule has 0 unspecified atom stereocenters. The van der Waals surface area contributed by atoms with E-state index in [1.54, 1.807) is 11.3 Å². The predicted molar refractivity (Wildman–Crippen MR) is 83.6 cm³/mol. The van der Waals surface area contributed by atoms with Crippen molar-refractivity contribution in [1.82, 2.24) is 9.97 Å². The smallest absolute Gasteiger partial charge is 0.140 e. The average molecular weight is 286 g/mol. The maximum absolute atomic E-state index is 5.92. The number of hydrogen-bond donors (Lipinski definition) is 1. The van der Waals surface area contributed by atoms with Crippen LogP contribution < -0.4 is 4.74 Å². The number of hydrogen-bond acceptors (Lipinski definition) is 3. The van der Waals surface area contributed by atoms with E-state index in [4.69, 9.17) is 4.74 Å². The zero-order chi connectivity index (χ0) is 14.1. The summed E-state index contributed by atoms with van der Waals surface area (Å²) in [5.74, 6) is 0.926. The van der Waals surface area contributed by atoms with Gasteiger partial charge in [0.2, 0.25) is 0 Å². The van der Waals surface area contributed by atoms with Gasteiger partial charge in [-0.05, 0) is 38.0 Å². The number of H-pyrrole nitrogens is 1. The van der Waals surface area contributed by atoms with Gasteiger partial charge in [-0.3, -0.25) is 0 Å². The number of aromatic amines is 1. The third-order valence-corrected chi connectivity index (χ3v) is 4.26. The van der Waals surface area contributed by atoms with E-state index in [2.05, 4.69) is 48.9 Å². The molecule has 0 amide bonds. The van der Waals surface area contributed by atoms with Crippen molar-refractivity contribution < 1.29 is 4.74 Å². The van der Waals surface area contributed by atoms with Crippen molar-refractivity contribution in [2.75, 3.05) is 0 Å². The maximum atomic E-state index is 5.92. The maximum Gasteiger partial charge on any atom is 0.140 e. The molecular weight excluding hydrogens is 268 g/mol. The summed E-state index contributed by atoms with van der Waals surface area (Å²) in [4.78, 5) is 8.96. The molecule has 0 aliphatic rings. The monoisotopic (exact) mass is 286 g/mol. The van der Waals surface area contributed by atoms with Gasteiger partial charge in [-0.2, -0.15) is 0 Å². The van der Waals surface area contributed by atoms with Gasteiger partial charge < -0.3 is 9.72 Å². The summed E-state index contributed by atoms with van der Waals surface area (Å²) >= 11 is 1.68. The first-order valence-corrected chi connectivity index (χ1v) is 7.63. The van der Waals surface area contributed by atoms with Crippen LogP contribution in [0, 0.1) is 13.8 Å². The third kappa shape index (κ3) is 2.56. The van der Waals surface area contributed by atoms with Gasteiger partial charge in [0, 0.05) is 33.7 Å². The molecule has 20 heavy (non-hydrogen) atoms. The average Bonchev–Trinajstić information content (AvgIpc) is 3.01. The van der Waals surface area contributed by atoms with Gasteiger partial charge in [0.1, 0.15) is 17.4 Å². The first-order chi connectivity index (χ1) is 9.65. The van der Waals surface area contributed by atoms with E-state index in [0.717, 1.165) is 28.3 Å². The lowest BCUT2D eigenvalue weighted by molar-refractivity contribution is 0.304. The van der Waals surface area contributed by atoms with E-state index in [9.17, 15) is 0 Å². The molecule has 1 N–H and O–H groups in total. The van der Waals surface area contributed by atoms with E-state index >= 15 is 0 Å². The SMILES string of the molecule is CCc1cc2cc(C)c(OCc3ncc(C)s3)cc2[nH]1. The zero-order valence-electron chi connectivity index (χ0n) is 12.0. The van der Waals surface area contributed by atoms with Crippen LogP contribution in [0.3, 0.4) is 0 Å². The molecule has 0 fully saturated rings. The van der Waals surface area contributed by atoms with Crippen molar-refractivity contribution in [3.05, 3.63) is 45.5 Å². The van der Waals surface area contributed by atoms with Gasteiger partial charge in [-0.25, -0.2) is 4.98 Å². The van der Waals surface area contributed by atoms with Crippen molar-refractivity contribution >= 4 is 22.2 Å². The second-order valence-corrected chi connectivity index (χ2v) is 6.33. The fourth-order valence-electron chi connectivity index (χ4n) is 2.29. The molecule has 0 bridgehead atoms. The van der Waals surface area contributed by atoms with Gasteiger partial charge in [0.25, 0.3) is 0 Å². The molecule has 0 radical (unpaired) electrons. The summed E-state index contributed by atoms with van der Waals surface area (Å²) in [6.45, 7) is 6.83. The molecule has 0 saturated carbocycles. The van der Waals surface area contributed by atoms with E-state index in [-0.39, 0.29) is 0 Å². The standard InChI is InChI=1S/C16H18N2OS/c1-4-13-6-12-5-10(2)15(7-14(12)18-13)19-9-16-17-8-11(3)20-16/h5-8,18H,4,9H2,1-3H3. The molecule has 0 aliphatic heterocycles. The van der Waals surface area contributed by atoms with Crippen LogP contribution in [0.5, 0.6) is 5.75 Å². The lowest BCUT2D eigenvalue weighted by Gasteiger charge is -2.07. The number of nitrogens with one attached hydrogen (secondary N) is 1. The predicted octanol–water partition coefficient (Wildman–Crippen LogP) is 4.38. The van der Waals surface area contributed by atoms with E-state index in [1.165, 1.54) is 16.0 Å². The topological polar surface area (TPSA) is 37.9 Å². The van der Waals surface area contributed by atoms with Crippen LogP contribution in [0.2, 0.25) is 0 Å². The molecule has 104 valence electrons. The molecule has 0 atom stereocenters. The number of fused-ring (bicyclic) bond motifs is 1. The summed E-state index contributed by atoms with van der Waals surface area (Å²) in [6.07, 6.45) is 2.90. The fraction of sp³-hybridized carbons (Fsp3) is 0.312. The molecule has 2 heterocycles. The van der Waals surface area contributed by atoms with Crippen molar-refractivity contribution in [2.45, 2.75) is 33.8 Å². The summed E-state index contributed by atoms with van der Waals surface area (Å²) in [5.41, 5.74) is 3.55. The second-order valence-electron chi connectivity index (χ2n) is 5.01. The Labute approximate surface area is 122 Å². The van der Waals surface area contributed by atoms with Crippen molar-refractivity contribution in [3.8, 4) is 5.75 Å². The largest absolute Gasteiger partial charge is 0.486 e. The molecule has 4 heteroatoms. The third-order valence-electron chi connectivity index (χ3n) is 3.37. The Balaban J connectivity index is 1.85. The zero-order valence-corrected chi connectivity index (χ0v) is 12.8. The summed E-state index contributed by atoms with van der Waals surface area (Å²) in [7, 11) is 0. The van der Waals surface area contributed by atoms with Crippen molar-refractivity contribution in [2.24, 2.45) is 0 Å². The minimum atomic E-state index is 0.534. The summed E-state index contributed by atoms with van der Waals surface area (Å²) in [6, 6.07) is 6.47. The molecule has 0 spiro atoms. The van der Waals surface area contributed by atoms with Crippen molar-refractivity contribution in [1.29, 1.82) is 0 Å². The Morgan fingerprint density at radius 1 is 1.25 bits per heavy atom. The highest BCUT2D eigenvalue weighted by molar-refractivity contribution is 7.11. The number of nitrogens with zero attached hydrogens (tertiary/aromatic N) is 1. The highest BCUT2D eigenvalue weighted by Crippen LogP contribution is 2.27. The van der Waals surface area contributed by atoms with Gasteiger partial charge in [0.15, 0.2) is 0 Å². The number of aromatic nitrogens is 2. The van der Waals surface area contributed by atoms with E-state index in [1.807, 2.05) is 6.20 Å². The Morgan fingerprint density at radius 2 is 2.10 bits per heavy atom. The fourth-order valence-corrected chi connectivity index (χ4v) is 2.99. The molecular formula is C16H18N2OS. The van der Waals surface area contributed by atoms with Gasteiger partial charge >= 0.3 is 0 Å². The quantitative estimate of drug-likeness (QED) is 0.772. The Kier molecular flexibility index (Phi) is 3.49. The van der Waals surface area contributed by atoms with Crippen LogP contribution in [-0.2, 0) is 13.0 Å². The number of benzene rings is 1. The first-order valence-electron chi connectivity index (χ1n) is 6.82. The number of thiazole rings is 1. The van der Waals surface area contributed by atoms with Gasteiger partial charge in [-0.15, -0.1) is 11.3 Å². The van der Waals surface area contributed by atoms with Gasteiger partial charge in [-0.1, -0.05) is 6.92 Å². The summed E-state index contributed by atoms with van der Waals surface area (Å²) in [5, 5.41) is 2.26. The first kappa shape index (κ1) is 13.2. The summed E-state index contributed by atoms with van der Waals surface area (Å²) < 4.78 is 5.92. The molecule has 2 aromatic heterocycles. The minimum absolute atomic E-state index is 0.534.